The van der Waals surface area contributed by atoms with Gasteiger partial charge in [0.05, 0.1) is 22.0 Å². The Balaban J connectivity index is 1.49. The van der Waals surface area contributed by atoms with Crippen LogP contribution in [-0.2, 0) is 5.75 Å². The molecule has 0 atom stereocenters. The normalized spacial score (nSPS) is 17.1. The van der Waals surface area contributed by atoms with Crippen LogP contribution < -0.4 is 15.6 Å². The van der Waals surface area contributed by atoms with E-state index in [1.165, 1.54) is 18.6 Å². The zero-order chi connectivity index (χ0) is 25.1. The molecule has 1 aliphatic heterocycles. The van der Waals surface area contributed by atoms with E-state index in [1.807, 2.05) is 6.08 Å². The third-order valence-corrected chi connectivity index (χ3v) is 7.82. The molecule has 0 spiro atoms. The molecular formula is C26H25Cl2FN4O2S. The molecule has 10 heteroatoms. The molecule has 1 fully saturated rings. The molecule has 0 saturated heterocycles. The van der Waals surface area contributed by atoms with Gasteiger partial charge >= 0.3 is 6.09 Å². The molecule has 1 amide bonds. The van der Waals surface area contributed by atoms with E-state index in [9.17, 15) is 9.18 Å². The number of nitrogens with zero attached hydrogens (tertiary/aromatic N) is 2. The Morgan fingerprint density at radius 1 is 1.11 bits per heavy atom. The largest absolute Gasteiger partial charge is 0.428 e. The number of hydrogen-bond acceptors (Lipinski definition) is 5. The van der Waals surface area contributed by atoms with Crippen LogP contribution >= 0.6 is 35.0 Å². The Kier molecular flexibility index (Phi) is 7.86. The minimum Gasteiger partial charge on any atom is -0.388 e. The smallest absolute Gasteiger partial charge is 0.388 e. The predicted octanol–water partition coefficient (Wildman–Crippen LogP) is 7.03. The first-order valence-electron chi connectivity index (χ1n) is 11.8. The van der Waals surface area contributed by atoms with Crippen molar-refractivity contribution >= 4 is 52.7 Å². The molecule has 188 valence electrons. The van der Waals surface area contributed by atoms with E-state index in [0.717, 1.165) is 48.1 Å². The summed E-state index contributed by atoms with van der Waals surface area (Å²) in [5, 5.41) is 5.58. The maximum absolute atomic E-state index is 13.4. The molecule has 0 unspecified atom stereocenters. The lowest BCUT2D eigenvalue weighted by Crippen LogP contribution is -2.46. The van der Waals surface area contributed by atoms with Crippen LogP contribution in [0.3, 0.4) is 0 Å². The lowest BCUT2D eigenvalue weighted by molar-refractivity contribution is 0.187. The quantitative estimate of drug-likeness (QED) is 0.336. The summed E-state index contributed by atoms with van der Waals surface area (Å²) in [5.41, 5.74) is 9.77. The molecule has 0 bridgehead atoms. The Labute approximate surface area is 223 Å². The summed E-state index contributed by atoms with van der Waals surface area (Å²) in [6.45, 7) is 0. The highest BCUT2D eigenvalue weighted by atomic mass is 35.5. The summed E-state index contributed by atoms with van der Waals surface area (Å²) in [6.07, 6.45) is 6.94. The molecule has 5 rings (SSSR count). The molecule has 1 saturated carbocycles. The number of ether oxygens (including phenoxy) is 1. The summed E-state index contributed by atoms with van der Waals surface area (Å²) < 4.78 is 20.8. The third kappa shape index (κ3) is 5.72. The molecule has 36 heavy (non-hydrogen) atoms. The first-order valence-corrected chi connectivity index (χ1v) is 13.7. The van der Waals surface area contributed by atoms with Crippen molar-refractivity contribution in [2.45, 2.75) is 43.9 Å². The van der Waals surface area contributed by atoms with Gasteiger partial charge in [0.2, 0.25) is 5.88 Å². The lowest BCUT2D eigenvalue weighted by Gasteiger charge is -2.22. The molecule has 2 N–H and O–H groups in total. The molecule has 1 aromatic heterocycles. The van der Waals surface area contributed by atoms with E-state index < -0.39 is 6.09 Å². The SMILES string of the molecule is O=C(NNC1CCCCC1)Oc1nn(-c2ccc(Cl)cc2Cl)c2c1CSC/C2=C\c1ccc(F)cc1. The molecule has 2 aromatic carbocycles. The molecule has 1 aliphatic carbocycles. The van der Waals surface area contributed by atoms with Crippen molar-refractivity contribution in [3.63, 3.8) is 0 Å². The zero-order valence-electron chi connectivity index (χ0n) is 19.4. The van der Waals surface area contributed by atoms with Crippen LogP contribution in [0.25, 0.3) is 17.3 Å². The van der Waals surface area contributed by atoms with E-state index in [2.05, 4.69) is 16.0 Å². The highest BCUT2D eigenvalue weighted by Crippen LogP contribution is 2.41. The third-order valence-electron chi connectivity index (χ3n) is 6.28. The number of fused-ring (bicyclic) bond motifs is 1. The topological polar surface area (TPSA) is 68.2 Å². The monoisotopic (exact) mass is 546 g/mol. The maximum atomic E-state index is 13.4. The fourth-order valence-corrected chi connectivity index (χ4v) is 6.02. The second-order valence-corrected chi connectivity index (χ2v) is 10.7. The van der Waals surface area contributed by atoms with Gasteiger partial charge in [-0.25, -0.2) is 19.3 Å². The number of thioether (sulfide) groups is 1. The van der Waals surface area contributed by atoms with Crippen molar-refractivity contribution in [2.75, 3.05) is 5.75 Å². The number of amides is 1. The van der Waals surface area contributed by atoms with E-state index in [-0.39, 0.29) is 17.7 Å². The van der Waals surface area contributed by atoms with Crippen LogP contribution in [0.2, 0.25) is 10.0 Å². The van der Waals surface area contributed by atoms with Crippen molar-refractivity contribution in [3.8, 4) is 11.6 Å². The molecule has 3 aromatic rings. The Hall–Kier alpha value is -2.52. The van der Waals surface area contributed by atoms with Gasteiger partial charge in [-0.15, -0.1) is 5.10 Å². The van der Waals surface area contributed by atoms with Crippen LogP contribution in [0.1, 0.15) is 48.9 Å². The molecular weight excluding hydrogens is 522 g/mol. The Morgan fingerprint density at radius 3 is 2.64 bits per heavy atom. The van der Waals surface area contributed by atoms with Gasteiger partial charge in [0.1, 0.15) is 5.82 Å². The molecule has 2 aliphatic rings. The number of halogens is 3. The van der Waals surface area contributed by atoms with Crippen LogP contribution in [0.4, 0.5) is 9.18 Å². The number of carbonyl (C=O) groups is 1. The lowest BCUT2D eigenvalue weighted by atomic mass is 9.96. The summed E-state index contributed by atoms with van der Waals surface area (Å²) >= 11 is 14.3. The van der Waals surface area contributed by atoms with Crippen LogP contribution in [0.15, 0.2) is 42.5 Å². The van der Waals surface area contributed by atoms with Gasteiger partial charge in [-0.3, -0.25) is 5.43 Å². The van der Waals surface area contributed by atoms with Crippen LogP contribution in [0, 0.1) is 5.82 Å². The first-order chi connectivity index (χ1) is 17.5. The number of nitrogens with one attached hydrogen (secondary N) is 2. The molecule has 6 nitrogen and oxygen atoms in total. The van der Waals surface area contributed by atoms with Gasteiger partial charge in [-0.05, 0) is 60.4 Å². The number of rotatable bonds is 5. The molecule has 0 radical (unpaired) electrons. The van der Waals surface area contributed by atoms with Crippen molar-refractivity contribution in [1.82, 2.24) is 20.6 Å². The first kappa shape index (κ1) is 25.1. The number of benzene rings is 2. The van der Waals surface area contributed by atoms with Gasteiger partial charge in [0, 0.05) is 22.6 Å². The number of hydrogen-bond donors (Lipinski definition) is 2. The van der Waals surface area contributed by atoms with Crippen molar-refractivity contribution in [1.29, 1.82) is 0 Å². The zero-order valence-corrected chi connectivity index (χ0v) is 21.7. The van der Waals surface area contributed by atoms with E-state index >= 15 is 0 Å². The van der Waals surface area contributed by atoms with E-state index in [4.69, 9.17) is 27.9 Å². The Bertz CT molecular complexity index is 1290. The fraction of sp³-hybridized carbons (Fsp3) is 0.308. The minimum atomic E-state index is -0.616. The van der Waals surface area contributed by atoms with Gasteiger partial charge in [-0.2, -0.15) is 11.8 Å². The summed E-state index contributed by atoms with van der Waals surface area (Å²) in [6, 6.07) is 11.7. The molecule has 2 heterocycles. The standard InChI is InChI=1S/C26H25Cl2FN4O2S/c27-18-8-11-23(22(28)13-18)33-24-17(12-16-6-9-19(29)10-7-16)14-36-15-21(24)25(32-33)35-26(34)31-30-20-4-2-1-3-5-20/h6-13,20,30H,1-5,14-15H2,(H,31,34)/b17-12+. The summed E-state index contributed by atoms with van der Waals surface area (Å²) in [7, 11) is 0. The van der Waals surface area contributed by atoms with Crippen molar-refractivity contribution in [3.05, 3.63) is 75.1 Å². The van der Waals surface area contributed by atoms with Crippen molar-refractivity contribution < 1.29 is 13.9 Å². The minimum absolute atomic E-state index is 0.219. The Morgan fingerprint density at radius 2 is 1.89 bits per heavy atom. The van der Waals surface area contributed by atoms with Gasteiger partial charge in [0.15, 0.2) is 0 Å². The highest BCUT2D eigenvalue weighted by Gasteiger charge is 2.29. The second kappa shape index (κ2) is 11.3. The van der Waals surface area contributed by atoms with Gasteiger partial charge in [0.25, 0.3) is 0 Å². The van der Waals surface area contributed by atoms with E-state index in [1.54, 1.807) is 46.8 Å². The second-order valence-electron chi connectivity index (χ2n) is 8.85. The summed E-state index contributed by atoms with van der Waals surface area (Å²) in [5.74, 6) is 1.24. The maximum Gasteiger partial charge on any atom is 0.428 e. The van der Waals surface area contributed by atoms with Gasteiger partial charge in [-0.1, -0.05) is 54.6 Å². The fourth-order valence-electron chi connectivity index (χ4n) is 4.52. The van der Waals surface area contributed by atoms with Crippen molar-refractivity contribution in [2.24, 2.45) is 0 Å². The van der Waals surface area contributed by atoms with Gasteiger partial charge < -0.3 is 4.74 Å². The summed E-state index contributed by atoms with van der Waals surface area (Å²) in [4.78, 5) is 12.7. The van der Waals surface area contributed by atoms with Crippen LogP contribution in [0.5, 0.6) is 5.88 Å². The number of aromatic nitrogens is 2. The average Bonchev–Trinajstić information content (AvgIpc) is 3.23. The van der Waals surface area contributed by atoms with Crippen LogP contribution in [-0.4, -0.2) is 27.7 Å². The number of carbonyl (C=O) groups excluding carboxylic acids is 1. The number of hydrazine groups is 1. The predicted molar refractivity (Wildman–Crippen MR) is 143 cm³/mol. The van der Waals surface area contributed by atoms with E-state index in [0.29, 0.717) is 27.2 Å². The average molecular weight is 547 g/mol. The highest BCUT2D eigenvalue weighted by molar-refractivity contribution is 7.99.